The fraction of sp³-hybridized carbons (Fsp3) is 0.462. The third kappa shape index (κ3) is 4.95. The first-order valence-corrected chi connectivity index (χ1v) is 5.88. The van der Waals surface area contributed by atoms with Crippen LogP contribution in [0.3, 0.4) is 0 Å². The van der Waals surface area contributed by atoms with Crippen molar-refractivity contribution in [1.29, 1.82) is 0 Å². The molecular weight excluding hydrogens is 248 g/mol. The van der Waals surface area contributed by atoms with Gasteiger partial charge in [0.25, 0.3) is 0 Å². The molecule has 1 aromatic rings. The predicted octanol–water partition coefficient (Wildman–Crippen LogP) is 2.37. The third-order valence-corrected chi connectivity index (χ3v) is 2.21. The first-order valence-electron chi connectivity index (χ1n) is 5.88. The lowest BCUT2D eigenvalue weighted by atomic mass is 10.2. The van der Waals surface area contributed by atoms with Crippen LogP contribution in [0.4, 0.5) is 4.79 Å². The summed E-state index contributed by atoms with van der Waals surface area (Å²) in [5, 5.41) is 11.4. The molecule has 0 aliphatic heterocycles. The number of nitrogens with one attached hydrogen (secondary N) is 1. The van der Waals surface area contributed by atoms with Gasteiger partial charge in [-0.3, -0.25) is 4.98 Å². The van der Waals surface area contributed by atoms with E-state index in [9.17, 15) is 9.59 Å². The van der Waals surface area contributed by atoms with Crippen LogP contribution >= 0.6 is 0 Å². The quantitative estimate of drug-likeness (QED) is 0.876. The van der Waals surface area contributed by atoms with Crippen LogP contribution in [-0.4, -0.2) is 27.8 Å². The Kier molecular flexibility index (Phi) is 4.47. The molecule has 6 nitrogen and oxygen atoms in total. The number of carbonyl (C=O) groups is 2. The molecule has 0 fully saturated rings. The molecule has 0 radical (unpaired) electrons. The average Bonchev–Trinajstić information content (AvgIpc) is 2.26. The highest BCUT2D eigenvalue weighted by Crippen LogP contribution is 2.12. The minimum absolute atomic E-state index is 0.105. The number of rotatable bonds is 3. The summed E-state index contributed by atoms with van der Waals surface area (Å²) in [6.45, 7) is 7.07. The van der Waals surface area contributed by atoms with Gasteiger partial charge in [-0.2, -0.15) is 0 Å². The fourth-order valence-electron chi connectivity index (χ4n) is 1.35. The van der Waals surface area contributed by atoms with Gasteiger partial charge in [0.05, 0.1) is 17.3 Å². The van der Waals surface area contributed by atoms with Crippen molar-refractivity contribution in [2.45, 2.75) is 39.3 Å². The fourth-order valence-corrected chi connectivity index (χ4v) is 1.35. The van der Waals surface area contributed by atoms with Crippen LogP contribution in [0.25, 0.3) is 0 Å². The maximum Gasteiger partial charge on any atom is 0.408 e. The normalized spacial score (nSPS) is 12.6. The molecule has 0 aliphatic carbocycles. The number of hydrogen-bond donors (Lipinski definition) is 2. The van der Waals surface area contributed by atoms with Crippen molar-refractivity contribution in [2.75, 3.05) is 0 Å². The van der Waals surface area contributed by atoms with Crippen molar-refractivity contribution in [2.24, 2.45) is 0 Å². The van der Waals surface area contributed by atoms with Gasteiger partial charge < -0.3 is 15.2 Å². The topological polar surface area (TPSA) is 88.5 Å². The van der Waals surface area contributed by atoms with Gasteiger partial charge in [0.1, 0.15) is 5.60 Å². The average molecular weight is 266 g/mol. The van der Waals surface area contributed by atoms with E-state index in [1.165, 1.54) is 12.3 Å². The van der Waals surface area contributed by atoms with Gasteiger partial charge in [-0.05, 0) is 39.8 Å². The highest BCUT2D eigenvalue weighted by atomic mass is 16.6. The molecule has 1 atom stereocenters. The van der Waals surface area contributed by atoms with Crippen LogP contribution < -0.4 is 5.32 Å². The Hall–Kier alpha value is -2.11. The number of hydrogen-bond acceptors (Lipinski definition) is 4. The summed E-state index contributed by atoms with van der Waals surface area (Å²) in [6.07, 6.45) is 0.717. The van der Waals surface area contributed by atoms with Crippen molar-refractivity contribution in [3.63, 3.8) is 0 Å². The van der Waals surface area contributed by atoms with E-state index >= 15 is 0 Å². The molecule has 1 rings (SSSR count). The first kappa shape index (κ1) is 14.9. The number of amides is 1. The van der Waals surface area contributed by atoms with Crippen molar-refractivity contribution in [3.8, 4) is 0 Å². The van der Waals surface area contributed by atoms with Crippen molar-refractivity contribution >= 4 is 12.1 Å². The molecule has 0 saturated heterocycles. The molecule has 104 valence electrons. The molecule has 1 unspecified atom stereocenters. The van der Waals surface area contributed by atoms with E-state index in [1.54, 1.807) is 33.8 Å². The number of carboxylic acids is 1. The highest BCUT2D eigenvalue weighted by Gasteiger charge is 2.18. The monoisotopic (exact) mass is 266 g/mol. The molecule has 1 heterocycles. The van der Waals surface area contributed by atoms with Gasteiger partial charge in [-0.25, -0.2) is 9.59 Å². The summed E-state index contributed by atoms with van der Waals surface area (Å²) in [7, 11) is 0. The summed E-state index contributed by atoms with van der Waals surface area (Å²) in [6, 6.07) is 2.64. The standard InChI is InChI=1S/C13H18N2O4/c1-8(15-12(18)19-13(2,3)4)10-6-5-9(7-14-10)11(16)17/h5-8H,1-4H3,(H,15,18)(H,16,17). The van der Waals surface area contributed by atoms with Crippen LogP contribution in [-0.2, 0) is 4.74 Å². The lowest BCUT2D eigenvalue weighted by Gasteiger charge is -2.21. The van der Waals surface area contributed by atoms with Crippen LogP contribution in [0.2, 0.25) is 0 Å². The van der Waals surface area contributed by atoms with E-state index in [4.69, 9.17) is 9.84 Å². The maximum absolute atomic E-state index is 11.6. The zero-order chi connectivity index (χ0) is 14.6. The van der Waals surface area contributed by atoms with Crippen LogP contribution in [0.5, 0.6) is 0 Å². The van der Waals surface area contributed by atoms with Gasteiger partial charge in [0.2, 0.25) is 0 Å². The Balaban J connectivity index is 2.65. The number of aromatic carboxylic acids is 1. The summed E-state index contributed by atoms with van der Waals surface area (Å²) in [4.78, 5) is 26.2. The number of aromatic nitrogens is 1. The predicted molar refractivity (Wildman–Crippen MR) is 69.0 cm³/mol. The largest absolute Gasteiger partial charge is 0.478 e. The van der Waals surface area contributed by atoms with E-state index in [0.717, 1.165) is 0 Å². The number of alkyl carbamates (subject to hydrolysis) is 1. The second kappa shape index (κ2) is 5.69. The molecule has 19 heavy (non-hydrogen) atoms. The van der Waals surface area contributed by atoms with Crippen molar-refractivity contribution in [1.82, 2.24) is 10.3 Å². The lowest BCUT2D eigenvalue weighted by Crippen LogP contribution is -2.34. The highest BCUT2D eigenvalue weighted by molar-refractivity contribution is 5.87. The number of carbonyl (C=O) groups excluding carboxylic acids is 1. The molecule has 1 amide bonds. The second-order valence-corrected chi connectivity index (χ2v) is 5.14. The van der Waals surface area contributed by atoms with Crippen molar-refractivity contribution < 1.29 is 19.4 Å². The smallest absolute Gasteiger partial charge is 0.408 e. The summed E-state index contributed by atoms with van der Waals surface area (Å²) in [5.41, 5.74) is 0.105. The van der Waals surface area contributed by atoms with E-state index in [1.807, 2.05) is 0 Å². The van der Waals surface area contributed by atoms with E-state index in [2.05, 4.69) is 10.3 Å². The van der Waals surface area contributed by atoms with Crippen LogP contribution in [0.1, 0.15) is 49.8 Å². The number of pyridine rings is 1. The van der Waals surface area contributed by atoms with Crippen molar-refractivity contribution in [3.05, 3.63) is 29.6 Å². The SMILES string of the molecule is CC(NC(=O)OC(C)(C)C)c1ccc(C(=O)O)cn1. The molecule has 0 bridgehead atoms. The van der Waals surface area contributed by atoms with Gasteiger partial charge in [-0.1, -0.05) is 0 Å². The van der Waals surface area contributed by atoms with E-state index < -0.39 is 17.7 Å². The Morgan fingerprint density at radius 3 is 2.42 bits per heavy atom. The molecule has 0 aliphatic rings. The summed E-state index contributed by atoms with van der Waals surface area (Å²) in [5.74, 6) is -1.04. The van der Waals surface area contributed by atoms with Gasteiger partial charge >= 0.3 is 12.1 Å². The molecular formula is C13H18N2O4. The molecule has 2 N–H and O–H groups in total. The Morgan fingerprint density at radius 1 is 1.37 bits per heavy atom. The maximum atomic E-state index is 11.6. The first-order chi connectivity index (χ1) is 8.69. The lowest BCUT2D eigenvalue weighted by molar-refractivity contribution is 0.0506. The molecule has 0 spiro atoms. The Labute approximate surface area is 111 Å². The Bertz CT molecular complexity index is 463. The zero-order valence-electron chi connectivity index (χ0n) is 11.4. The number of carboxylic acid groups (broad SMARTS) is 1. The minimum atomic E-state index is -1.04. The zero-order valence-corrected chi connectivity index (χ0v) is 11.4. The molecule has 0 aromatic carbocycles. The molecule has 1 aromatic heterocycles. The minimum Gasteiger partial charge on any atom is -0.478 e. The molecule has 0 saturated carbocycles. The van der Waals surface area contributed by atoms with Gasteiger partial charge in [0, 0.05) is 6.20 Å². The number of ether oxygens (including phenoxy) is 1. The Morgan fingerprint density at radius 2 is 2.00 bits per heavy atom. The van der Waals surface area contributed by atoms with Crippen LogP contribution in [0, 0.1) is 0 Å². The summed E-state index contributed by atoms with van der Waals surface area (Å²) >= 11 is 0. The number of nitrogens with zero attached hydrogens (tertiary/aromatic N) is 1. The molecule has 6 heteroatoms. The van der Waals surface area contributed by atoms with Gasteiger partial charge in [-0.15, -0.1) is 0 Å². The second-order valence-electron chi connectivity index (χ2n) is 5.14. The van der Waals surface area contributed by atoms with Gasteiger partial charge in [0.15, 0.2) is 0 Å². The summed E-state index contributed by atoms with van der Waals surface area (Å²) < 4.78 is 5.12. The van der Waals surface area contributed by atoms with E-state index in [0.29, 0.717) is 5.69 Å². The van der Waals surface area contributed by atoms with Crippen LogP contribution in [0.15, 0.2) is 18.3 Å². The van der Waals surface area contributed by atoms with E-state index in [-0.39, 0.29) is 11.6 Å². The third-order valence-electron chi connectivity index (χ3n) is 2.21.